The van der Waals surface area contributed by atoms with Gasteiger partial charge in [-0.25, -0.2) is 0 Å². The zero-order chi connectivity index (χ0) is 12.0. The second kappa shape index (κ2) is 7.29. The Morgan fingerprint density at radius 1 is 0.875 bits per heavy atom. The van der Waals surface area contributed by atoms with E-state index < -0.39 is 0 Å². The zero-order valence-electron chi connectivity index (χ0n) is 11.4. The summed E-state index contributed by atoms with van der Waals surface area (Å²) in [5.74, 6) is 1.27. The fraction of sp³-hybridized carbons (Fsp3) is 1.00. The fourth-order valence-corrected chi connectivity index (χ4v) is 2.06. The van der Waals surface area contributed by atoms with E-state index in [1.54, 1.807) is 0 Å². The van der Waals surface area contributed by atoms with Gasteiger partial charge in [0.05, 0.1) is 12.2 Å². The number of ether oxygens (including phenoxy) is 2. The van der Waals surface area contributed by atoms with Crippen molar-refractivity contribution in [1.29, 1.82) is 0 Å². The van der Waals surface area contributed by atoms with Crippen LogP contribution < -0.4 is 0 Å². The van der Waals surface area contributed by atoms with Crippen molar-refractivity contribution < 1.29 is 9.47 Å². The topological polar surface area (TPSA) is 18.5 Å². The largest absolute Gasteiger partial charge is 0.378 e. The minimum absolute atomic E-state index is 0.438. The van der Waals surface area contributed by atoms with Crippen LogP contribution in [-0.4, -0.2) is 25.4 Å². The van der Waals surface area contributed by atoms with E-state index in [0.29, 0.717) is 24.0 Å². The van der Waals surface area contributed by atoms with E-state index in [2.05, 4.69) is 27.7 Å². The molecule has 0 aliphatic heterocycles. The van der Waals surface area contributed by atoms with E-state index in [4.69, 9.17) is 9.47 Å². The van der Waals surface area contributed by atoms with Crippen LogP contribution in [0, 0.1) is 11.8 Å². The van der Waals surface area contributed by atoms with Gasteiger partial charge in [0.1, 0.15) is 0 Å². The third-order valence-electron chi connectivity index (χ3n) is 2.91. The van der Waals surface area contributed by atoms with E-state index in [1.807, 2.05) is 0 Å². The Labute approximate surface area is 101 Å². The summed E-state index contributed by atoms with van der Waals surface area (Å²) in [6.07, 6.45) is 5.66. The second-order valence-electron chi connectivity index (χ2n) is 5.86. The van der Waals surface area contributed by atoms with Crippen molar-refractivity contribution in [3.05, 3.63) is 0 Å². The Hall–Kier alpha value is -0.0800. The normalized spacial score (nSPS) is 26.6. The number of rotatable bonds is 6. The molecule has 2 heteroatoms. The van der Waals surface area contributed by atoms with Gasteiger partial charge in [0, 0.05) is 13.2 Å². The maximum Gasteiger partial charge on any atom is 0.0600 e. The molecule has 0 amide bonds. The first-order chi connectivity index (χ1) is 7.58. The standard InChI is InChI=1S/C14H28O2/c1-11(2)9-15-13-6-5-7-14(8-13)16-10-12(3)4/h11-14H,5-10H2,1-4H3. The van der Waals surface area contributed by atoms with Crippen LogP contribution in [0.1, 0.15) is 53.4 Å². The molecular formula is C14H28O2. The minimum Gasteiger partial charge on any atom is -0.378 e. The first-order valence-electron chi connectivity index (χ1n) is 6.81. The summed E-state index contributed by atoms with van der Waals surface area (Å²) < 4.78 is 11.8. The van der Waals surface area contributed by atoms with Crippen molar-refractivity contribution in [3.8, 4) is 0 Å². The summed E-state index contributed by atoms with van der Waals surface area (Å²) in [5, 5.41) is 0. The summed E-state index contributed by atoms with van der Waals surface area (Å²) in [4.78, 5) is 0. The van der Waals surface area contributed by atoms with Gasteiger partial charge >= 0.3 is 0 Å². The van der Waals surface area contributed by atoms with Crippen molar-refractivity contribution in [1.82, 2.24) is 0 Å². The highest BCUT2D eigenvalue weighted by Crippen LogP contribution is 2.24. The average molecular weight is 228 g/mol. The summed E-state index contributed by atoms with van der Waals surface area (Å²) in [5.41, 5.74) is 0. The van der Waals surface area contributed by atoms with Crippen LogP contribution in [-0.2, 0) is 9.47 Å². The molecule has 0 spiro atoms. The first-order valence-corrected chi connectivity index (χ1v) is 6.81. The third kappa shape index (κ3) is 5.86. The van der Waals surface area contributed by atoms with Gasteiger partial charge in [0.2, 0.25) is 0 Å². The molecule has 1 aliphatic rings. The molecule has 96 valence electrons. The Balaban J connectivity index is 2.19. The van der Waals surface area contributed by atoms with Gasteiger partial charge in [0.15, 0.2) is 0 Å². The molecule has 1 aliphatic carbocycles. The van der Waals surface area contributed by atoms with Crippen LogP contribution in [0.4, 0.5) is 0 Å². The van der Waals surface area contributed by atoms with Gasteiger partial charge in [0.25, 0.3) is 0 Å². The quantitative estimate of drug-likeness (QED) is 0.691. The van der Waals surface area contributed by atoms with Crippen molar-refractivity contribution in [2.45, 2.75) is 65.6 Å². The molecule has 1 saturated carbocycles. The average Bonchev–Trinajstić information content (AvgIpc) is 2.24. The highest BCUT2D eigenvalue weighted by atomic mass is 16.5. The summed E-state index contributed by atoms with van der Waals surface area (Å²) >= 11 is 0. The highest BCUT2D eigenvalue weighted by Gasteiger charge is 2.23. The van der Waals surface area contributed by atoms with Gasteiger partial charge in [-0.05, 0) is 37.5 Å². The number of hydrogen-bond donors (Lipinski definition) is 0. The Kier molecular flexibility index (Phi) is 6.37. The lowest BCUT2D eigenvalue weighted by Crippen LogP contribution is -2.30. The molecule has 0 saturated heterocycles. The third-order valence-corrected chi connectivity index (χ3v) is 2.91. The summed E-state index contributed by atoms with van der Waals surface area (Å²) in [6, 6.07) is 0. The van der Waals surface area contributed by atoms with Crippen molar-refractivity contribution in [3.63, 3.8) is 0 Å². The van der Waals surface area contributed by atoms with Gasteiger partial charge in [-0.1, -0.05) is 27.7 Å². The molecule has 2 atom stereocenters. The van der Waals surface area contributed by atoms with Gasteiger partial charge in [-0.2, -0.15) is 0 Å². The van der Waals surface area contributed by atoms with Crippen LogP contribution >= 0.6 is 0 Å². The minimum atomic E-state index is 0.438. The molecule has 0 radical (unpaired) electrons. The van der Waals surface area contributed by atoms with Crippen LogP contribution in [0.15, 0.2) is 0 Å². The van der Waals surface area contributed by atoms with E-state index in [1.165, 1.54) is 19.3 Å². The van der Waals surface area contributed by atoms with Crippen molar-refractivity contribution in [2.24, 2.45) is 11.8 Å². The van der Waals surface area contributed by atoms with Gasteiger partial charge in [-0.3, -0.25) is 0 Å². The lowest BCUT2D eigenvalue weighted by Gasteiger charge is -2.30. The molecule has 0 heterocycles. The second-order valence-corrected chi connectivity index (χ2v) is 5.86. The molecule has 2 nitrogen and oxygen atoms in total. The zero-order valence-corrected chi connectivity index (χ0v) is 11.4. The lowest BCUT2D eigenvalue weighted by atomic mass is 9.94. The summed E-state index contributed by atoms with van der Waals surface area (Å²) in [7, 11) is 0. The van der Waals surface area contributed by atoms with E-state index in [9.17, 15) is 0 Å². The smallest absolute Gasteiger partial charge is 0.0600 e. The fourth-order valence-electron chi connectivity index (χ4n) is 2.06. The predicted molar refractivity (Wildman–Crippen MR) is 67.6 cm³/mol. The molecule has 0 N–H and O–H groups in total. The van der Waals surface area contributed by atoms with Crippen LogP contribution in [0.3, 0.4) is 0 Å². The first kappa shape index (κ1) is 14.0. The van der Waals surface area contributed by atoms with Crippen molar-refractivity contribution >= 4 is 0 Å². The molecule has 1 rings (SSSR count). The number of hydrogen-bond acceptors (Lipinski definition) is 2. The lowest BCUT2D eigenvalue weighted by molar-refractivity contribution is -0.0557. The van der Waals surface area contributed by atoms with E-state index in [0.717, 1.165) is 19.6 Å². The monoisotopic (exact) mass is 228 g/mol. The van der Waals surface area contributed by atoms with Gasteiger partial charge < -0.3 is 9.47 Å². The van der Waals surface area contributed by atoms with Gasteiger partial charge in [-0.15, -0.1) is 0 Å². The molecule has 0 aromatic carbocycles. The molecule has 0 aromatic heterocycles. The Morgan fingerprint density at radius 3 is 1.69 bits per heavy atom. The maximum atomic E-state index is 5.90. The van der Waals surface area contributed by atoms with Crippen LogP contribution in [0.5, 0.6) is 0 Å². The maximum absolute atomic E-state index is 5.90. The van der Waals surface area contributed by atoms with E-state index >= 15 is 0 Å². The van der Waals surface area contributed by atoms with Crippen molar-refractivity contribution in [2.75, 3.05) is 13.2 Å². The Bertz CT molecular complexity index is 160. The molecule has 2 unspecified atom stereocenters. The molecule has 1 fully saturated rings. The molecule has 0 bridgehead atoms. The highest BCUT2D eigenvalue weighted by molar-refractivity contribution is 4.74. The SMILES string of the molecule is CC(C)COC1CCCC(OCC(C)C)C1. The van der Waals surface area contributed by atoms with E-state index in [-0.39, 0.29) is 0 Å². The predicted octanol–water partition coefficient (Wildman–Crippen LogP) is 3.64. The van der Waals surface area contributed by atoms with Crippen LogP contribution in [0.25, 0.3) is 0 Å². The molecule has 16 heavy (non-hydrogen) atoms. The molecule has 0 aromatic rings. The molecular weight excluding hydrogens is 200 g/mol. The van der Waals surface area contributed by atoms with Crippen LogP contribution in [0.2, 0.25) is 0 Å². The Morgan fingerprint density at radius 2 is 1.31 bits per heavy atom. The summed E-state index contributed by atoms with van der Waals surface area (Å²) in [6.45, 7) is 10.6.